The van der Waals surface area contributed by atoms with Gasteiger partial charge in [-0.2, -0.15) is 5.26 Å². The number of carbonyl (C=O) groups excluding carboxylic acids is 1. The average Bonchev–Trinajstić information content (AvgIpc) is 2.53. The number of carbonyl (C=O) groups is 1. The van der Waals surface area contributed by atoms with Crippen LogP contribution in [0.25, 0.3) is 0 Å². The van der Waals surface area contributed by atoms with Crippen LogP contribution in [0.5, 0.6) is 11.5 Å². The molecule has 1 N–H and O–H groups in total. The molecule has 6 heteroatoms. The third-order valence-electron chi connectivity index (χ3n) is 3.37. The fraction of sp³-hybridized carbons (Fsp3) is 0.333. The Hall–Kier alpha value is -2.13. The van der Waals surface area contributed by atoms with Crippen molar-refractivity contribution < 1.29 is 14.3 Å². The van der Waals surface area contributed by atoms with Crippen LogP contribution in [-0.2, 0) is 4.79 Å². The van der Waals surface area contributed by atoms with Gasteiger partial charge < -0.3 is 14.8 Å². The highest BCUT2D eigenvalue weighted by atomic mass is 32.2. The summed E-state index contributed by atoms with van der Waals surface area (Å²) in [7, 11) is 3.15. The Kier molecular flexibility index (Phi) is 4.76. The van der Waals surface area contributed by atoms with Crippen LogP contribution >= 0.6 is 11.8 Å². The van der Waals surface area contributed by atoms with E-state index in [1.807, 2.05) is 12.3 Å². The Morgan fingerprint density at radius 2 is 2.14 bits per heavy atom. The van der Waals surface area contributed by atoms with Crippen LogP contribution in [0.15, 0.2) is 28.8 Å². The molecule has 1 aliphatic heterocycles. The maximum absolute atomic E-state index is 11.9. The van der Waals surface area contributed by atoms with E-state index in [-0.39, 0.29) is 18.2 Å². The third kappa shape index (κ3) is 2.98. The topological polar surface area (TPSA) is 71.3 Å². The zero-order valence-electron chi connectivity index (χ0n) is 12.1. The van der Waals surface area contributed by atoms with Gasteiger partial charge in [0, 0.05) is 17.9 Å². The Morgan fingerprint density at radius 3 is 2.71 bits per heavy atom. The highest BCUT2D eigenvalue weighted by molar-refractivity contribution is 8.02. The predicted molar refractivity (Wildman–Crippen MR) is 81.2 cm³/mol. The van der Waals surface area contributed by atoms with Crippen LogP contribution in [0.3, 0.4) is 0 Å². The molecule has 1 aromatic carbocycles. The lowest BCUT2D eigenvalue weighted by Crippen LogP contribution is -2.30. The van der Waals surface area contributed by atoms with Crippen LogP contribution < -0.4 is 14.8 Å². The van der Waals surface area contributed by atoms with Crippen molar-refractivity contribution in [2.75, 3.05) is 20.5 Å². The molecule has 0 saturated carbocycles. The van der Waals surface area contributed by atoms with Gasteiger partial charge in [-0.3, -0.25) is 4.79 Å². The van der Waals surface area contributed by atoms with E-state index in [0.29, 0.717) is 22.1 Å². The van der Waals surface area contributed by atoms with Gasteiger partial charge in [-0.15, -0.1) is 11.8 Å². The van der Waals surface area contributed by atoms with Crippen molar-refractivity contribution in [1.29, 1.82) is 5.26 Å². The summed E-state index contributed by atoms with van der Waals surface area (Å²) in [6, 6.07) is 7.60. The van der Waals surface area contributed by atoms with E-state index in [1.54, 1.807) is 26.4 Å². The van der Waals surface area contributed by atoms with Gasteiger partial charge in [0.2, 0.25) is 5.91 Å². The molecule has 21 heavy (non-hydrogen) atoms. The van der Waals surface area contributed by atoms with Gasteiger partial charge in [0.15, 0.2) is 0 Å². The summed E-state index contributed by atoms with van der Waals surface area (Å²) in [5.74, 6) is 0.882. The highest BCUT2D eigenvalue weighted by Gasteiger charge is 2.31. The Labute approximate surface area is 127 Å². The highest BCUT2D eigenvalue weighted by Crippen LogP contribution is 2.40. The van der Waals surface area contributed by atoms with Crippen LogP contribution in [0.1, 0.15) is 17.9 Å². The van der Waals surface area contributed by atoms with Gasteiger partial charge in [0.05, 0.1) is 30.9 Å². The Balaban J connectivity index is 2.58. The molecule has 110 valence electrons. The second kappa shape index (κ2) is 6.55. The number of nitriles is 1. The van der Waals surface area contributed by atoms with Crippen LogP contribution in [0.2, 0.25) is 0 Å². The molecule has 1 heterocycles. The van der Waals surface area contributed by atoms with E-state index < -0.39 is 0 Å². The second-order valence-corrected chi connectivity index (χ2v) is 5.29. The molecule has 1 aliphatic rings. The van der Waals surface area contributed by atoms with E-state index in [0.717, 1.165) is 5.56 Å². The number of rotatable bonds is 4. The molecule has 0 spiro atoms. The molecular weight excluding hydrogens is 288 g/mol. The number of benzene rings is 1. The number of ether oxygens (including phenoxy) is 2. The monoisotopic (exact) mass is 304 g/mol. The maximum atomic E-state index is 11.9. The summed E-state index contributed by atoms with van der Waals surface area (Å²) in [6.07, 6.45) is 2.05. The molecule has 0 saturated heterocycles. The number of hydrogen-bond acceptors (Lipinski definition) is 5. The third-order valence-corrected chi connectivity index (χ3v) is 4.10. The van der Waals surface area contributed by atoms with Crippen molar-refractivity contribution in [2.24, 2.45) is 0 Å². The number of thioether (sulfide) groups is 1. The van der Waals surface area contributed by atoms with Crippen LogP contribution in [0, 0.1) is 11.3 Å². The van der Waals surface area contributed by atoms with Gasteiger partial charge in [-0.1, -0.05) is 0 Å². The number of allylic oxidation sites excluding steroid dienone is 1. The molecule has 1 amide bonds. The van der Waals surface area contributed by atoms with Crippen molar-refractivity contribution in [3.8, 4) is 17.6 Å². The molecule has 0 aromatic heterocycles. The minimum Gasteiger partial charge on any atom is -0.497 e. The number of nitrogens with zero attached hydrogens (tertiary/aromatic N) is 1. The first-order valence-corrected chi connectivity index (χ1v) is 7.57. The molecule has 0 aliphatic carbocycles. The lowest BCUT2D eigenvalue weighted by atomic mass is 9.86. The number of methoxy groups -OCH3 is 2. The van der Waals surface area contributed by atoms with E-state index >= 15 is 0 Å². The first kappa shape index (κ1) is 15.3. The Bertz CT molecular complexity index is 634. The second-order valence-electron chi connectivity index (χ2n) is 4.47. The summed E-state index contributed by atoms with van der Waals surface area (Å²) in [5, 5.41) is 12.8. The first-order valence-electron chi connectivity index (χ1n) is 6.34. The van der Waals surface area contributed by atoms with Crippen molar-refractivity contribution in [2.45, 2.75) is 12.3 Å². The van der Waals surface area contributed by atoms with Crippen molar-refractivity contribution in [1.82, 2.24) is 5.32 Å². The van der Waals surface area contributed by atoms with E-state index in [9.17, 15) is 10.1 Å². The molecule has 1 atom stereocenters. The summed E-state index contributed by atoms with van der Waals surface area (Å²) >= 11 is 1.36. The molecule has 0 radical (unpaired) electrons. The lowest BCUT2D eigenvalue weighted by molar-refractivity contribution is -0.120. The fourth-order valence-electron chi connectivity index (χ4n) is 2.36. The lowest BCUT2D eigenvalue weighted by Gasteiger charge is -2.25. The molecule has 0 unspecified atom stereocenters. The molecule has 5 nitrogen and oxygen atoms in total. The Morgan fingerprint density at radius 1 is 1.38 bits per heavy atom. The summed E-state index contributed by atoms with van der Waals surface area (Å²) in [6.45, 7) is 0. The van der Waals surface area contributed by atoms with Crippen molar-refractivity contribution in [3.63, 3.8) is 0 Å². The van der Waals surface area contributed by atoms with Gasteiger partial charge in [0.25, 0.3) is 0 Å². The summed E-state index contributed by atoms with van der Waals surface area (Å²) in [4.78, 5) is 11.9. The van der Waals surface area contributed by atoms with Gasteiger partial charge in [-0.25, -0.2) is 0 Å². The van der Waals surface area contributed by atoms with Crippen LogP contribution in [0.4, 0.5) is 0 Å². The smallest absolute Gasteiger partial charge is 0.225 e. The maximum Gasteiger partial charge on any atom is 0.225 e. The zero-order chi connectivity index (χ0) is 15.4. The van der Waals surface area contributed by atoms with Gasteiger partial charge >= 0.3 is 0 Å². The minimum atomic E-state index is -0.323. The number of amides is 1. The molecule has 0 bridgehead atoms. The fourth-order valence-corrected chi connectivity index (χ4v) is 2.98. The normalized spacial score (nSPS) is 18.0. The van der Waals surface area contributed by atoms with Gasteiger partial charge in [0.1, 0.15) is 11.5 Å². The minimum absolute atomic E-state index is 0.103. The quantitative estimate of drug-likeness (QED) is 0.925. The molecule has 0 fully saturated rings. The number of nitrogens with one attached hydrogen (secondary N) is 1. The van der Waals surface area contributed by atoms with E-state index in [2.05, 4.69) is 11.4 Å². The average molecular weight is 304 g/mol. The summed E-state index contributed by atoms with van der Waals surface area (Å²) < 4.78 is 10.6. The van der Waals surface area contributed by atoms with E-state index in [4.69, 9.17) is 9.47 Å². The standard InChI is InChI=1S/C15H16N2O3S/c1-19-9-4-5-13(20-2)11(6-9)10-7-14(18)17-15(21-3)12(10)8-16/h4-6,10H,7H2,1-3H3,(H,17,18)/t10-/m1/s1. The largest absolute Gasteiger partial charge is 0.497 e. The SMILES string of the molecule is COc1ccc(OC)c([C@H]2CC(=O)NC(SC)=C2C#N)c1. The molecular formula is C15H16N2O3S. The number of hydrogen-bond donors (Lipinski definition) is 1. The molecule has 2 rings (SSSR count). The van der Waals surface area contributed by atoms with Crippen LogP contribution in [-0.4, -0.2) is 26.4 Å². The van der Waals surface area contributed by atoms with E-state index in [1.165, 1.54) is 11.8 Å². The van der Waals surface area contributed by atoms with Crippen molar-refractivity contribution >= 4 is 17.7 Å². The van der Waals surface area contributed by atoms with Gasteiger partial charge in [-0.05, 0) is 24.5 Å². The summed E-state index contributed by atoms with van der Waals surface area (Å²) in [5.41, 5.74) is 1.34. The molecule has 1 aromatic rings. The predicted octanol–water partition coefficient (Wildman–Crippen LogP) is 2.41. The zero-order valence-corrected chi connectivity index (χ0v) is 12.9. The van der Waals surface area contributed by atoms with Crippen molar-refractivity contribution in [3.05, 3.63) is 34.4 Å². The first-order chi connectivity index (χ1) is 10.1.